The zero-order valence-corrected chi connectivity index (χ0v) is 43.8. The maximum Gasteiger partial charge on any atom is 0.408 e. The minimum Gasteiger partial charge on any atom is -0.493 e. The number of halogens is 2. The van der Waals surface area contributed by atoms with Gasteiger partial charge in [-0.05, 0) is 141 Å². The van der Waals surface area contributed by atoms with Crippen LogP contribution in [0.15, 0.2) is 66.7 Å². The van der Waals surface area contributed by atoms with Crippen LogP contribution >= 0.6 is 11.6 Å². The van der Waals surface area contributed by atoms with E-state index >= 15 is 0 Å². The first-order valence-electron chi connectivity index (χ1n) is 25.1. The van der Waals surface area contributed by atoms with Crippen LogP contribution in [-0.2, 0) is 43.4 Å². The number of anilines is 1. The second-order valence-corrected chi connectivity index (χ2v) is 20.6. The van der Waals surface area contributed by atoms with E-state index in [0.29, 0.717) is 101 Å². The summed E-state index contributed by atoms with van der Waals surface area (Å²) in [6.07, 6.45) is 0.730. The summed E-state index contributed by atoms with van der Waals surface area (Å²) in [6.45, 7) is 18.2. The number of piperidine rings is 1. The molecule has 0 unspecified atom stereocenters. The second-order valence-electron chi connectivity index (χ2n) is 20.2. The first-order chi connectivity index (χ1) is 34.3. The van der Waals surface area contributed by atoms with Gasteiger partial charge in [0, 0.05) is 75.2 Å². The molecule has 396 valence electrons. The first-order valence-corrected chi connectivity index (χ1v) is 25.5. The summed E-state index contributed by atoms with van der Waals surface area (Å²) in [7, 11) is 0. The fourth-order valence-electron chi connectivity index (χ4n) is 8.57. The molecule has 5 N–H and O–H groups in total. The number of benzene rings is 3. The highest BCUT2D eigenvalue weighted by atomic mass is 35.5. The Morgan fingerprint density at radius 1 is 0.764 bits per heavy atom. The van der Waals surface area contributed by atoms with Crippen LogP contribution in [0, 0.1) is 11.7 Å². The van der Waals surface area contributed by atoms with Gasteiger partial charge in [0.15, 0.2) is 0 Å². The van der Waals surface area contributed by atoms with Gasteiger partial charge in [-0.2, -0.15) is 0 Å². The van der Waals surface area contributed by atoms with Crippen molar-refractivity contribution in [2.24, 2.45) is 5.92 Å². The van der Waals surface area contributed by atoms with Crippen LogP contribution in [0.4, 0.5) is 24.5 Å². The molecular weight excluding hydrogens is 947 g/mol. The summed E-state index contributed by atoms with van der Waals surface area (Å²) in [4.78, 5) is 72.1. The number of nitrogens with one attached hydrogen (secondary N) is 5. The number of hydrogen-bond acceptors (Lipinski definition) is 12. The van der Waals surface area contributed by atoms with Gasteiger partial charge in [0.2, 0.25) is 11.8 Å². The van der Waals surface area contributed by atoms with Crippen LogP contribution in [0.2, 0.25) is 5.02 Å². The summed E-state index contributed by atoms with van der Waals surface area (Å²) in [6, 6.07) is 18.2. The highest BCUT2D eigenvalue weighted by molar-refractivity contribution is 6.30. The van der Waals surface area contributed by atoms with E-state index in [2.05, 4.69) is 36.4 Å². The van der Waals surface area contributed by atoms with Gasteiger partial charge < -0.3 is 55.3 Å². The molecule has 2 atom stereocenters. The van der Waals surface area contributed by atoms with Crippen molar-refractivity contribution in [2.75, 3.05) is 77.4 Å². The number of hydrogen-bond donors (Lipinski definition) is 5. The van der Waals surface area contributed by atoms with Crippen LogP contribution in [-0.4, -0.2) is 140 Å². The number of carbonyl (C=O) groups excluding carboxylic acids is 5. The van der Waals surface area contributed by atoms with Crippen LogP contribution < -0.4 is 31.3 Å². The average Bonchev–Trinajstić information content (AvgIpc) is 3.32. The van der Waals surface area contributed by atoms with Crippen molar-refractivity contribution < 1.29 is 47.3 Å². The molecule has 0 aliphatic carbocycles. The molecule has 2 saturated heterocycles. The lowest BCUT2D eigenvalue weighted by atomic mass is 9.88. The molecule has 0 saturated carbocycles. The Bertz CT molecular complexity index is 2230. The zero-order valence-electron chi connectivity index (χ0n) is 43.1. The van der Waals surface area contributed by atoms with Gasteiger partial charge in [-0.3, -0.25) is 14.5 Å². The fourth-order valence-corrected chi connectivity index (χ4v) is 8.76. The molecule has 2 aliphatic rings. The monoisotopic (exact) mass is 1020 g/mol. The Morgan fingerprint density at radius 3 is 2.14 bits per heavy atom. The van der Waals surface area contributed by atoms with Crippen molar-refractivity contribution in [3.63, 3.8) is 0 Å². The third kappa shape index (κ3) is 19.6. The Kier molecular flexibility index (Phi) is 22.1. The van der Waals surface area contributed by atoms with Crippen molar-refractivity contribution in [1.29, 1.82) is 0 Å². The predicted octanol–water partition coefficient (Wildman–Crippen LogP) is 7.50. The van der Waals surface area contributed by atoms with E-state index in [9.17, 15) is 28.4 Å². The molecule has 2 fully saturated rings. The molecule has 17 nitrogen and oxygen atoms in total. The molecule has 5 amide bonds. The molecular formula is C53H76ClFN8O9. The summed E-state index contributed by atoms with van der Waals surface area (Å²) >= 11 is 6.49. The number of ether oxygens (including phenoxy) is 4. The van der Waals surface area contributed by atoms with E-state index in [0.717, 1.165) is 23.4 Å². The van der Waals surface area contributed by atoms with Crippen molar-refractivity contribution in [2.45, 2.75) is 117 Å². The van der Waals surface area contributed by atoms with Gasteiger partial charge in [0.05, 0.1) is 6.61 Å². The summed E-state index contributed by atoms with van der Waals surface area (Å²) < 4.78 is 36.9. The van der Waals surface area contributed by atoms with Gasteiger partial charge >= 0.3 is 18.3 Å². The molecule has 2 heterocycles. The van der Waals surface area contributed by atoms with E-state index in [-0.39, 0.29) is 49.7 Å². The normalized spacial score (nSPS) is 15.7. The first kappa shape index (κ1) is 57.1. The molecule has 2 aliphatic heterocycles. The number of rotatable bonds is 22. The van der Waals surface area contributed by atoms with Gasteiger partial charge in [-0.1, -0.05) is 48.0 Å². The van der Waals surface area contributed by atoms with Crippen LogP contribution in [0.3, 0.4) is 0 Å². The lowest BCUT2D eigenvalue weighted by Gasteiger charge is -2.40. The highest BCUT2D eigenvalue weighted by Crippen LogP contribution is 2.27. The molecule has 0 spiro atoms. The van der Waals surface area contributed by atoms with E-state index in [4.69, 9.17) is 30.5 Å². The Hall–Kier alpha value is -5.85. The standard InChI is InChI=1S/C53H76ClFN8O9/c1-8-69-45-18-12-16-42(55)41(45)35-62-30-32-63(33-31-62)48(65)46(60-50(67)70-36-37-14-10-9-11-15-37)38-21-27-61(28-22-38)29-23-39-34-40(54)19-20-43(39)56-25-26-57-47(64)44(59-51(68)72-53(5,6)7)17-13-24-58-49(66)71-52(2,3)4/h9-12,14-16,18-20,34,38,44,46,56H,8,13,17,21-33,35-36H2,1-7H3,(H,57,64)(H,58,66)(H,59,68)(H,60,67)/t44-,46+/m0/s1. The third-order valence-corrected chi connectivity index (χ3v) is 12.4. The van der Waals surface area contributed by atoms with E-state index in [1.165, 1.54) is 6.07 Å². The van der Waals surface area contributed by atoms with Crippen molar-refractivity contribution in [3.8, 4) is 5.75 Å². The number of alkyl carbamates (subject to hydrolysis) is 3. The third-order valence-electron chi connectivity index (χ3n) is 12.1. The lowest BCUT2D eigenvalue weighted by molar-refractivity contribution is -0.137. The van der Waals surface area contributed by atoms with Gasteiger partial charge in [-0.15, -0.1) is 0 Å². The Balaban J connectivity index is 1.13. The Labute approximate surface area is 429 Å². The van der Waals surface area contributed by atoms with Crippen molar-refractivity contribution in [3.05, 3.63) is 94.3 Å². The second kappa shape index (κ2) is 27.8. The maximum atomic E-state index is 14.9. The van der Waals surface area contributed by atoms with E-state index < -0.39 is 41.6 Å². The largest absolute Gasteiger partial charge is 0.493 e. The summed E-state index contributed by atoms with van der Waals surface area (Å²) in [5, 5.41) is 15.2. The predicted molar refractivity (Wildman–Crippen MR) is 275 cm³/mol. The topological polar surface area (TPSA) is 192 Å². The van der Waals surface area contributed by atoms with Crippen molar-refractivity contribution >= 4 is 47.4 Å². The SMILES string of the molecule is CCOc1cccc(F)c1CN1CCN(C(=O)[C@H](NC(=O)OCc2ccccc2)C2CCN(CCc3cc(Cl)ccc3NCCNC(=O)[C@H](CCCNC(=O)OC(C)(C)C)NC(=O)OC(C)(C)C)CC2)CC1. The van der Waals surface area contributed by atoms with Gasteiger partial charge in [0.25, 0.3) is 0 Å². The van der Waals surface area contributed by atoms with Crippen LogP contribution in [0.5, 0.6) is 5.75 Å². The quantitative estimate of drug-likeness (QED) is 0.0493. The van der Waals surface area contributed by atoms with Crippen LogP contribution in [0.25, 0.3) is 0 Å². The number of likely N-dealkylation sites (tertiary alicyclic amines) is 1. The highest BCUT2D eigenvalue weighted by Gasteiger charge is 2.37. The van der Waals surface area contributed by atoms with Crippen molar-refractivity contribution in [1.82, 2.24) is 36.0 Å². The molecule has 0 aromatic heterocycles. The Morgan fingerprint density at radius 2 is 1.46 bits per heavy atom. The molecule has 5 rings (SSSR count). The zero-order chi connectivity index (χ0) is 52.3. The van der Waals surface area contributed by atoms with E-state index in [1.54, 1.807) is 64.6 Å². The maximum absolute atomic E-state index is 14.9. The summed E-state index contributed by atoms with van der Waals surface area (Å²) in [5.41, 5.74) is 1.79. The molecule has 0 bridgehead atoms. The smallest absolute Gasteiger partial charge is 0.408 e. The number of carbonyl (C=O) groups is 5. The number of amides is 5. The molecule has 3 aromatic rings. The number of piperazine rings is 1. The summed E-state index contributed by atoms with van der Waals surface area (Å²) in [5.74, 6) is -0.478. The minimum absolute atomic E-state index is 0.0747. The molecule has 19 heteroatoms. The lowest BCUT2D eigenvalue weighted by Crippen LogP contribution is -2.58. The van der Waals surface area contributed by atoms with Gasteiger partial charge in [-0.25, -0.2) is 18.8 Å². The fraction of sp³-hybridized carbons (Fsp3) is 0.566. The molecule has 3 aromatic carbocycles. The average molecular weight is 1020 g/mol. The molecule has 72 heavy (non-hydrogen) atoms. The van der Waals surface area contributed by atoms with E-state index in [1.807, 2.05) is 49.4 Å². The molecule has 0 radical (unpaired) electrons. The number of nitrogens with zero attached hydrogens (tertiary/aromatic N) is 3. The van der Waals surface area contributed by atoms with Gasteiger partial charge in [0.1, 0.15) is 41.5 Å². The minimum atomic E-state index is -0.905. The van der Waals surface area contributed by atoms with Crippen LogP contribution in [0.1, 0.15) is 90.8 Å².